The van der Waals surface area contributed by atoms with Gasteiger partial charge >= 0.3 is 0 Å². The van der Waals surface area contributed by atoms with Gasteiger partial charge in [0.2, 0.25) is 5.88 Å². The third-order valence-corrected chi connectivity index (χ3v) is 4.93. The molecule has 0 unspecified atom stereocenters. The fraction of sp³-hybridized carbons (Fsp3) is 0.143. The largest absolute Gasteiger partial charge is 0.438 e. The standard InChI is InChI=1S/C21H13ClF4N2O2/c22-15-8-13(3-4-16(15)24)30-20-14(7-12(23)10-27-20)21(29)28-5-1-2-11-6-17(25)18(26)9-19(11)28/h3-4,6-10H,1-2,5H2. The number of carbonyl (C=O) groups excluding carboxylic acids is 1. The van der Waals surface area contributed by atoms with Gasteiger partial charge in [-0.05, 0) is 42.7 Å². The van der Waals surface area contributed by atoms with Crippen molar-refractivity contribution in [2.45, 2.75) is 12.8 Å². The molecule has 0 radical (unpaired) electrons. The zero-order valence-electron chi connectivity index (χ0n) is 15.3. The number of anilines is 1. The van der Waals surface area contributed by atoms with E-state index in [1.807, 2.05) is 0 Å². The Labute approximate surface area is 173 Å². The maximum absolute atomic E-state index is 13.9. The number of nitrogens with zero attached hydrogens (tertiary/aromatic N) is 2. The van der Waals surface area contributed by atoms with Crippen LogP contribution in [0.3, 0.4) is 0 Å². The van der Waals surface area contributed by atoms with Crippen LogP contribution in [0.15, 0.2) is 42.6 Å². The van der Waals surface area contributed by atoms with Crippen LogP contribution in [0.4, 0.5) is 23.2 Å². The van der Waals surface area contributed by atoms with Crippen molar-refractivity contribution in [3.05, 3.63) is 82.0 Å². The minimum absolute atomic E-state index is 0.0849. The van der Waals surface area contributed by atoms with E-state index < -0.39 is 29.2 Å². The molecule has 0 N–H and O–H groups in total. The first kappa shape index (κ1) is 20.2. The second-order valence-corrected chi connectivity index (χ2v) is 7.05. The number of hydrogen-bond donors (Lipinski definition) is 0. The third kappa shape index (κ3) is 3.82. The summed E-state index contributed by atoms with van der Waals surface area (Å²) in [6, 6.07) is 6.45. The van der Waals surface area contributed by atoms with Gasteiger partial charge in [0.1, 0.15) is 22.9 Å². The van der Waals surface area contributed by atoms with Gasteiger partial charge in [-0.1, -0.05) is 11.6 Å². The van der Waals surface area contributed by atoms with Crippen LogP contribution in [0.2, 0.25) is 5.02 Å². The minimum atomic E-state index is -1.09. The first-order chi connectivity index (χ1) is 14.3. The molecule has 0 spiro atoms. The molecular weight excluding hydrogens is 424 g/mol. The fourth-order valence-corrected chi connectivity index (χ4v) is 3.42. The van der Waals surface area contributed by atoms with Gasteiger partial charge in [0, 0.05) is 18.7 Å². The van der Waals surface area contributed by atoms with Crippen molar-refractivity contribution in [3.8, 4) is 11.6 Å². The van der Waals surface area contributed by atoms with Crippen molar-refractivity contribution >= 4 is 23.2 Å². The van der Waals surface area contributed by atoms with Crippen molar-refractivity contribution in [2.24, 2.45) is 0 Å². The molecule has 1 aliphatic rings. The predicted molar refractivity (Wildman–Crippen MR) is 102 cm³/mol. The number of pyridine rings is 1. The number of carbonyl (C=O) groups is 1. The maximum atomic E-state index is 13.9. The fourth-order valence-electron chi connectivity index (χ4n) is 3.25. The Bertz CT molecular complexity index is 1160. The van der Waals surface area contributed by atoms with Crippen LogP contribution in [0, 0.1) is 23.3 Å². The van der Waals surface area contributed by atoms with Crippen LogP contribution < -0.4 is 9.64 Å². The van der Waals surface area contributed by atoms with E-state index in [-0.39, 0.29) is 34.4 Å². The lowest BCUT2D eigenvalue weighted by atomic mass is 10.0. The van der Waals surface area contributed by atoms with E-state index >= 15 is 0 Å². The average Bonchev–Trinajstić information content (AvgIpc) is 2.72. The van der Waals surface area contributed by atoms with E-state index in [1.54, 1.807) is 0 Å². The Balaban J connectivity index is 1.72. The van der Waals surface area contributed by atoms with Crippen molar-refractivity contribution < 1.29 is 27.1 Å². The van der Waals surface area contributed by atoms with Crippen molar-refractivity contribution in [2.75, 3.05) is 11.4 Å². The van der Waals surface area contributed by atoms with Crippen LogP contribution in [-0.2, 0) is 6.42 Å². The summed E-state index contributed by atoms with van der Waals surface area (Å²) in [4.78, 5) is 18.2. The van der Waals surface area contributed by atoms with Crippen LogP contribution in [0.25, 0.3) is 0 Å². The van der Waals surface area contributed by atoms with E-state index in [0.717, 1.165) is 30.5 Å². The SMILES string of the molecule is O=C(c1cc(F)cnc1Oc1ccc(F)c(Cl)c1)N1CCCc2cc(F)c(F)cc21. The molecule has 0 fully saturated rings. The molecule has 1 aromatic heterocycles. The molecule has 4 rings (SSSR count). The lowest BCUT2D eigenvalue weighted by Crippen LogP contribution is -2.36. The summed E-state index contributed by atoms with van der Waals surface area (Å²) in [6.45, 7) is 0.217. The normalized spacial score (nSPS) is 13.2. The Morgan fingerprint density at radius 1 is 1.03 bits per heavy atom. The number of fused-ring (bicyclic) bond motifs is 1. The summed E-state index contributed by atoms with van der Waals surface area (Å²) in [7, 11) is 0. The summed E-state index contributed by atoms with van der Waals surface area (Å²) in [5.74, 6) is -4.40. The number of benzene rings is 2. The number of ether oxygens (including phenoxy) is 1. The Kier molecular flexibility index (Phi) is 5.34. The quantitative estimate of drug-likeness (QED) is 0.496. The lowest BCUT2D eigenvalue weighted by Gasteiger charge is -2.30. The summed E-state index contributed by atoms with van der Waals surface area (Å²) in [5.41, 5.74) is 0.434. The van der Waals surface area contributed by atoms with Crippen LogP contribution in [0.1, 0.15) is 22.3 Å². The van der Waals surface area contributed by atoms with Crippen LogP contribution in [0.5, 0.6) is 11.6 Å². The highest BCUT2D eigenvalue weighted by atomic mass is 35.5. The Morgan fingerprint density at radius 2 is 1.80 bits per heavy atom. The highest BCUT2D eigenvalue weighted by Gasteiger charge is 2.28. The van der Waals surface area contributed by atoms with Crippen LogP contribution in [-0.4, -0.2) is 17.4 Å². The number of halogens is 5. The maximum Gasteiger partial charge on any atom is 0.263 e. The van der Waals surface area contributed by atoms with Crippen molar-refractivity contribution in [1.29, 1.82) is 0 Å². The number of aromatic nitrogens is 1. The zero-order chi connectivity index (χ0) is 21.4. The predicted octanol–water partition coefficient (Wildman–Crippen LogP) is 5.68. The number of rotatable bonds is 3. The molecule has 0 bridgehead atoms. The molecule has 30 heavy (non-hydrogen) atoms. The Hall–Kier alpha value is -3.13. The number of amides is 1. The number of aryl methyl sites for hydroxylation is 1. The molecule has 1 aliphatic heterocycles. The van der Waals surface area contributed by atoms with Gasteiger partial charge in [-0.3, -0.25) is 4.79 Å². The molecule has 0 saturated heterocycles. The summed E-state index contributed by atoms with van der Waals surface area (Å²) in [6.07, 6.45) is 1.84. The molecule has 3 aromatic rings. The van der Waals surface area contributed by atoms with Crippen LogP contribution >= 0.6 is 11.6 Å². The molecule has 9 heteroatoms. The van der Waals surface area contributed by atoms with Gasteiger partial charge in [0.15, 0.2) is 11.6 Å². The monoisotopic (exact) mass is 436 g/mol. The van der Waals surface area contributed by atoms with E-state index in [1.165, 1.54) is 17.0 Å². The molecule has 4 nitrogen and oxygen atoms in total. The first-order valence-corrected chi connectivity index (χ1v) is 9.29. The van der Waals surface area contributed by atoms with Gasteiger partial charge in [-0.25, -0.2) is 22.5 Å². The molecule has 0 aliphatic carbocycles. The van der Waals surface area contributed by atoms with Crippen molar-refractivity contribution in [3.63, 3.8) is 0 Å². The van der Waals surface area contributed by atoms with Gasteiger partial charge in [0.25, 0.3) is 5.91 Å². The first-order valence-electron chi connectivity index (χ1n) is 8.91. The van der Waals surface area contributed by atoms with E-state index in [0.29, 0.717) is 18.4 Å². The van der Waals surface area contributed by atoms with Gasteiger partial charge in [0.05, 0.1) is 16.9 Å². The summed E-state index contributed by atoms with van der Waals surface area (Å²) >= 11 is 5.74. The lowest BCUT2D eigenvalue weighted by molar-refractivity contribution is 0.0981. The van der Waals surface area contributed by atoms with E-state index in [9.17, 15) is 22.4 Å². The smallest absolute Gasteiger partial charge is 0.263 e. The summed E-state index contributed by atoms with van der Waals surface area (Å²) < 4.78 is 60.2. The van der Waals surface area contributed by atoms with Gasteiger partial charge < -0.3 is 9.64 Å². The zero-order valence-corrected chi connectivity index (χ0v) is 16.0. The van der Waals surface area contributed by atoms with Gasteiger partial charge in [-0.15, -0.1) is 0 Å². The molecule has 1 amide bonds. The highest BCUT2D eigenvalue weighted by Crippen LogP contribution is 2.33. The average molecular weight is 437 g/mol. The molecule has 2 aromatic carbocycles. The highest BCUT2D eigenvalue weighted by molar-refractivity contribution is 6.30. The molecule has 0 saturated carbocycles. The molecule has 154 valence electrons. The minimum Gasteiger partial charge on any atom is -0.438 e. The molecule has 0 atom stereocenters. The molecular formula is C21H13ClF4N2O2. The topological polar surface area (TPSA) is 42.4 Å². The Morgan fingerprint density at radius 3 is 2.57 bits per heavy atom. The van der Waals surface area contributed by atoms with E-state index in [4.69, 9.17) is 16.3 Å². The third-order valence-electron chi connectivity index (χ3n) is 4.64. The van der Waals surface area contributed by atoms with E-state index in [2.05, 4.69) is 4.98 Å². The van der Waals surface area contributed by atoms with Gasteiger partial charge in [-0.2, -0.15) is 0 Å². The second-order valence-electron chi connectivity index (χ2n) is 6.64. The second kappa shape index (κ2) is 7.95. The summed E-state index contributed by atoms with van der Waals surface area (Å²) in [5, 5.41) is -0.204. The molecule has 2 heterocycles. The number of hydrogen-bond acceptors (Lipinski definition) is 3. The van der Waals surface area contributed by atoms with Crippen molar-refractivity contribution in [1.82, 2.24) is 4.98 Å².